The fraction of sp³-hybridized carbons (Fsp3) is 0.500. The van der Waals surface area contributed by atoms with Crippen LogP contribution in [0.1, 0.15) is 32.3 Å². The van der Waals surface area contributed by atoms with Gasteiger partial charge in [-0.25, -0.2) is 14.7 Å². The average molecular weight is 359 g/mol. The zero-order chi connectivity index (χ0) is 17.5. The minimum absolute atomic E-state index is 0.320. The van der Waals surface area contributed by atoms with Crippen LogP contribution >= 0.6 is 11.8 Å². The molecule has 7 heteroatoms. The minimum Gasteiger partial charge on any atom is -0.357 e. The Morgan fingerprint density at radius 1 is 1.40 bits per heavy atom. The summed E-state index contributed by atoms with van der Waals surface area (Å²) in [5, 5.41) is 11.1. The molecule has 1 atom stereocenters. The molecule has 1 aliphatic rings. The second kappa shape index (κ2) is 8.38. The Hall–Kier alpha value is -2.02. The molecule has 1 unspecified atom stereocenters. The number of aliphatic imine (C=N–C) groups is 1. The van der Waals surface area contributed by atoms with E-state index in [4.69, 9.17) is 4.99 Å². The second-order valence-corrected chi connectivity index (χ2v) is 8.11. The highest BCUT2D eigenvalue weighted by atomic mass is 32.2. The molecule has 0 radical (unpaired) electrons. The number of nitrogens with zero attached hydrogens (tertiary/aromatic N) is 4. The Bertz CT molecular complexity index is 691. The second-order valence-electron chi connectivity index (χ2n) is 6.42. The molecule has 3 heterocycles. The summed E-state index contributed by atoms with van der Waals surface area (Å²) in [6.07, 6.45) is 8.02. The third kappa shape index (κ3) is 4.98. The van der Waals surface area contributed by atoms with Gasteiger partial charge in [-0.15, -0.1) is 0 Å². The third-order valence-electron chi connectivity index (χ3n) is 4.24. The third-order valence-corrected chi connectivity index (χ3v) is 5.78. The molecule has 1 saturated heterocycles. The fourth-order valence-corrected chi connectivity index (χ4v) is 4.09. The van der Waals surface area contributed by atoms with E-state index in [0.717, 1.165) is 30.4 Å². The summed E-state index contributed by atoms with van der Waals surface area (Å²) in [6, 6.07) is 5.91. The molecule has 1 aliphatic heterocycles. The van der Waals surface area contributed by atoms with E-state index >= 15 is 0 Å². The van der Waals surface area contributed by atoms with E-state index in [9.17, 15) is 0 Å². The first-order chi connectivity index (χ1) is 12.2. The highest BCUT2D eigenvalue weighted by molar-refractivity contribution is 8.00. The standard InChI is InChI=1S/C18H26N6S/c1-3-19-17(22-14-18(2)7-4-11-25-18)21-13-15-6-9-20-16(12-15)24-10-5-8-23-24/h5-6,8-10,12H,3-4,7,11,13-14H2,1-2H3,(H2,19,21,22). The number of aromatic nitrogens is 3. The van der Waals surface area contributed by atoms with E-state index in [0.29, 0.717) is 11.3 Å². The zero-order valence-electron chi connectivity index (χ0n) is 14.9. The molecule has 0 bridgehead atoms. The zero-order valence-corrected chi connectivity index (χ0v) is 15.7. The Kier molecular flexibility index (Phi) is 5.96. The number of rotatable bonds is 6. The van der Waals surface area contributed by atoms with Gasteiger partial charge in [-0.3, -0.25) is 0 Å². The van der Waals surface area contributed by atoms with Gasteiger partial charge in [0.1, 0.15) is 0 Å². The van der Waals surface area contributed by atoms with Crippen molar-refractivity contribution in [1.82, 2.24) is 25.4 Å². The predicted octanol–water partition coefficient (Wildman–Crippen LogP) is 2.61. The van der Waals surface area contributed by atoms with Gasteiger partial charge in [-0.2, -0.15) is 16.9 Å². The molecule has 2 N–H and O–H groups in total. The highest BCUT2D eigenvalue weighted by Crippen LogP contribution is 2.36. The molecular formula is C18H26N6S. The normalized spacial score (nSPS) is 20.6. The van der Waals surface area contributed by atoms with Crippen LogP contribution in [0.25, 0.3) is 5.82 Å². The highest BCUT2D eigenvalue weighted by Gasteiger charge is 2.29. The molecule has 2 aromatic rings. The molecule has 134 valence electrons. The largest absolute Gasteiger partial charge is 0.357 e. The van der Waals surface area contributed by atoms with Crippen LogP contribution in [0.3, 0.4) is 0 Å². The fourth-order valence-electron chi connectivity index (χ4n) is 2.85. The van der Waals surface area contributed by atoms with E-state index in [1.807, 2.05) is 24.4 Å². The summed E-state index contributed by atoms with van der Waals surface area (Å²) in [7, 11) is 0. The maximum Gasteiger partial charge on any atom is 0.191 e. The van der Waals surface area contributed by atoms with Crippen LogP contribution in [0.5, 0.6) is 0 Å². The van der Waals surface area contributed by atoms with E-state index in [1.54, 1.807) is 17.1 Å². The van der Waals surface area contributed by atoms with Crippen molar-refractivity contribution in [3.63, 3.8) is 0 Å². The van der Waals surface area contributed by atoms with Crippen molar-refractivity contribution >= 4 is 17.7 Å². The monoisotopic (exact) mass is 358 g/mol. The maximum atomic E-state index is 4.73. The molecule has 0 spiro atoms. The molecule has 0 aromatic carbocycles. The van der Waals surface area contributed by atoms with Gasteiger partial charge in [-0.05, 0) is 56.2 Å². The number of nitrogens with one attached hydrogen (secondary N) is 2. The van der Waals surface area contributed by atoms with Gasteiger partial charge >= 0.3 is 0 Å². The molecule has 0 aliphatic carbocycles. The molecular weight excluding hydrogens is 332 g/mol. The maximum absolute atomic E-state index is 4.73. The summed E-state index contributed by atoms with van der Waals surface area (Å²) in [4.78, 5) is 9.09. The lowest BCUT2D eigenvalue weighted by Gasteiger charge is -2.24. The molecule has 1 fully saturated rings. The quantitative estimate of drug-likeness (QED) is 0.614. The van der Waals surface area contributed by atoms with Gasteiger partial charge in [0.25, 0.3) is 0 Å². The van der Waals surface area contributed by atoms with Gasteiger partial charge in [0.2, 0.25) is 0 Å². The van der Waals surface area contributed by atoms with Crippen LogP contribution in [0.4, 0.5) is 0 Å². The average Bonchev–Trinajstić information content (AvgIpc) is 3.30. The smallest absolute Gasteiger partial charge is 0.191 e. The van der Waals surface area contributed by atoms with Crippen LogP contribution in [0, 0.1) is 0 Å². The van der Waals surface area contributed by atoms with E-state index < -0.39 is 0 Å². The number of guanidine groups is 1. The van der Waals surface area contributed by atoms with Crippen molar-refractivity contribution in [3.05, 3.63) is 42.4 Å². The SMILES string of the molecule is CCNC(=NCc1ccnc(-n2cccn2)c1)NCC1(C)CCCS1. The minimum atomic E-state index is 0.320. The Morgan fingerprint density at radius 2 is 2.32 bits per heavy atom. The first kappa shape index (κ1) is 17.8. The van der Waals surface area contributed by atoms with Crippen molar-refractivity contribution in [3.8, 4) is 5.82 Å². The van der Waals surface area contributed by atoms with Crippen LogP contribution in [-0.2, 0) is 6.54 Å². The first-order valence-corrected chi connectivity index (χ1v) is 9.78. The molecule has 3 rings (SSSR count). The van der Waals surface area contributed by atoms with Gasteiger partial charge in [0.15, 0.2) is 11.8 Å². The topological polar surface area (TPSA) is 67.1 Å². The summed E-state index contributed by atoms with van der Waals surface area (Å²) in [5.74, 6) is 2.94. The van der Waals surface area contributed by atoms with Gasteiger partial charge in [0, 0.05) is 36.4 Å². The van der Waals surface area contributed by atoms with Gasteiger partial charge in [0.05, 0.1) is 6.54 Å². The molecule has 6 nitrogen and oxygen atoms in total. The number of hydrogen-bond acceptors (Lipinski definition) is 4. The summed E-state index contributed by atoms with van der Waals surface area (Å²) < 4.78 is 2.08. The van der Waals surface area contributed by atoms with Crippen molar-refractivity contribution < 1.29 is 0 Å². The Balaban J connectivity index is 1.64. The Morgan fingerprint density at radius 3 is 3.04 bits per heavy atom. The summed E-state index contributed by atoms with van der Waals surface area (Å²) >= 11 is 2.06. The van der Waals surface area contributed by atoms with Crippen LogP contribution < -0.4 is 10.6 Å². The Labute approximate surface area is 153 Å². The van der Waals surface area contributed by atoms with Crippen LogP contribution in [0.15, 0.2) is 41.8 Å². The molecule has 25 heavy (non-hydrogen) atoms. The number of hydrogen-bond donors (Lipinski definition) is 2. The van der Waals surface area contributed by atoms with Crippen molar-refractivity contribution in [2.75, 3.05) is 18.8 Å². The van der Waals surface area contributed by atoms with E-state index in [1.165, 1.54) is 18.6 Å². The lowest BCUT2D eigenvalue weighted by Crippen LogP contribution is -2.43. The number of thioether (sulfide) groups is 1. The van der Waals surface area contributed by atoms with Crippen molar-refractivity contribution in [2.24, 2.45) is 4.99 Å². The first-order valence-electron chi connectivity index (χ1n) is 8.80. The molecule has 0 saturated carbocycles. The van der Waals surface area contributed by atoms with Crippen LogP contribution in [-0.4, -0.2) is 44.3 Å². The van der Waals surface area contributed by atoms with Crippen LogP contribution in [0.2, 0.25) is 0 Å². The number of pyridine rings is 1. The van der Waals surface area contributed by atoms with Crippen molar-refractivity contribution in [1.29, 1.82) is 0 Å². The van der Waals surface area contributed by atoms with Gasteiger partial charge in [-0.1, -0.05) is 0 Å². The summed E-state index contributed by atoms with van der Waals surface area (Å²) in [6.45, 7) is 6.82. The lowest BCUT2D eigenvalue weighted by molar-refractivity contribution is 0.584. The van der Waals surface area contributed by atoms with Crippen molar-refractivity contribution in [2.45, 2.75) is 38.0 Å². The molecule has 2 aromatic heterocycles. The van der Waals surface area contributed by atoms with Gasteiger partial charge < -0.3 is 10.6 Å². The molecule has 0 amide bonds. The van der Waals surface area contributed by atoms with E-state index in [2.05, 4.69) is 46.3 Å². The van der Waals surface area contributed by atoms with E-state index in [-0.39, 0.29) is 0 Å². The summed E-state index contributed by atoms with van der Waals surface area (Å²) in [5.41, 5.74) is 1.11. The predicted molar refractivity (Wildman–Crippen MR) is 104 cm³/mol. The lowest BCUT2D eigenvalue weighted by atomic mass is 10.1.